The summed E-state index contributed by atoms with van der Waals surface area (Å²) in [6, 6.07) is 6.55. The van der Waals surface area contributed by atoms with Gasteiger partial charge < -0.3 is 10.8 Å². The standard InChI is InChI=1S/C10H12INO2/c1-2-10(11,9(12)14)7-3-5-8(13)6-4-7/h3-6,13H,2H2,1H3,(H2,12,14). The Morgan fingerprint density at radius 2 is 2.00 bits per heavy atom. The fourth-order valence-electron chi connectivity index (χ4n) is 1.25. The molecule has 4 heteroatoms. The van der Waals surface area contributed by atoms with Gasteiger partial charge >= 0.3 is 0 Å². The molecule has 0 fully saturated rings. The zero-order chi connectivity index (χ0) is 10.8. The second-order valence-electron chi connectivity index (χ2n) is 3.07. The Morgan fingerprint density at radius 3 is 2.36 bits per heavy atom. The topological polar surface area (TPSA) is 63.3 Å². The van der Waals surface area contributed by atoms with Crippen molar-refractivity contribution in [3.8, 4) is 5.75 Å². The smallest absolute Gasteiger partial charge is 0.237 e. The first-order valence-corrected chi connectivity index (χ1v) is 5.37. The quantitative estimate of drug-likeness (QED) is 0.662. The lowest BCUT2D eigenvalue weighted by molar-refractivity contribution is -0.120. The number of halogens is 1. The number of carbonyl (C=O) groups is 1. The summed E-state index contributed by atoms with van der Waals surface area (Å²) in [5.74, 6) is -0.167. The molecule has 0 saturated heterocycles. The Kier molecular flexibility index (Phi) is 3.36. The lowest BCUT2D eigenvalue weighted by atomic mass is 9.96. The summed E-state index contributed by atoms with van der Waals surface area (Å²) < 4.78 is -0.675. The van der Waals surface area contributed by atoms with Crippen LogP contribution >= 0.6 is 22.6 Å². The van der Waals surface area contributed by atoms with Gasteiger partial charge in [-0.3, -0.25) is 4.79 Å². The van der Waals surface area contributed by atoms with Crippen LogP contribution in [-0.2, 0) is 8.22 Å². The predicted molar refractivity (Wildman–Crippen MR) is 63.3 cm³/mol. The van der Waals surface area contributed by atoms with Gasteiger partial charge in [0.05, 0.1) is 0 Å². The number of alkyl halides is 1. The number of primary amides is 1. The van der Waals surface area contributed by atoms with E-state index in [2.05, 4.69) is 22.6 Å². The summed E-state index contributed by atoms with van der Waals surface area (Å²) in [4.78, 5) is 11.3. The fraction of sp³-hybridized carbons (Fsp3) is 0.300. The van der Waals surface area contributed by atoms with E-state index in [0.717, 1.165) is 5.56 Å². The van der Waals surface area contributed by atoms with Gasteiger partial charge in [0.1, 0.15) is 9.17 Å². The Balaban J connectivity index is 3.13. The molecule has 0 radical (unpaired) electrons. The molecule has 0 aliphatic carbocycles. The molecule has 0 aliphatic rings. The van der Waals surface area contributed by atoms with E-state index >= 15 is 0 Å². The number of hydrogen-bond donors (Lipinski definition) is 2. The highest BCUT2D eigenvalue weighted by Crippen LogP contribution is 2.35. The van der Waals surface area contributed by atoms with Gasteiger partial charge in [-0.1, -0.05) is 41.6 Å². The molecule has 0 bridgehead atoms. The molecule has 14 heavy (non-hydrogen) atoms. The van der Waals surface area contributed by atoms with Crippen molar-refractivity contribution in [2.45, 2.75) is 16.8 Å². The zero-order valence-electron chi connectivity index (χ0n) is 7.83. The SMILES string of the molecule is CCC(I)(C(N)=O)c1ccc(O)cc1. The maximum atomic E-state index is 11.3. The van der Waals surface area contributed by atoms with Gasteiger partial charge in [0.15, 0.2) is 0 Å². The summed E-state index contributed by atoms with van der Waals surface area (Å²) in [5, 5.41) is 9.12. The monoisotopic (exact) mass is 305 g/mol. The highest BCUT2D eigenvalue weighted by atomic mass is 127. The number of carbonyl (C=O) groups excluding carboxylic acids is 1. The van der Waals surface area contributed by atoms with Gasteiger partial charge in [0.2, 0.25) is 5.91 Å². The molecule has 0 aliphatic heterocycles. The van der Waals surface area contributed by atoms with Crippen LogP contribution in [0.5, 0.6) is 5.75 Å². The molecule has 1 aromatic rings. The largest absolute Gasteiger partial charge is 0.508 e. The van der Waals surface area contributed by atoms with Crippen molar-refractivity contribution in [1.82, 2.24) is 0 Å². The summed E-state index contributed by atoms with van der Waals surface area (Å²) in [7, 11) is 0. The lowest BCUT2D eigenvalue weighted by Crippen LogP contribution is -2.34. The molecule has 3 N–H and O–H groups in total. The predicted octanol–water partition coefficient (Wildman–Crippen LogP) is 1.92. The third-order valence-corrected chi connectivity index (χ3v) is 4.12. The van der Waals surface area contributed by atoms with Gasteiger partial charge in [-0.05, 0) is 24.1 Å². The molecular weight excluding hydrogens is 293 g/mol. The van der Waals surface area contributed by atoms with E-state index in [9.17, 15) is 4.79 Å². The van der Waals surface area contributed by atoms with Crippen LogP contribution in [0, 0.1) is 0 Å². The molecule has 1 unspecified atom stereocenters. The molecule has 0 aromatic heterocycles. The molecule has 0 heterocycles. The second kappa shape index (κ2) is 4.16. The average Bonchev–Trinajstić information content (AvgIpc) is 2.17. The minimum absolute atomic E-state index is 0.188. The molecule has 3 nitrogen and oxygen atoms in total. The molecule has 0 saturated carbocycles. The summed E-state index contributed by atoms with van der Waals surface area (Å²) in [6.07, 6.45) is 0.633. The lowest BCUT2D eigenvalue weighted by Gasteiger charge is -2.22. The number of hydrogen-bond acceptors (Lipinski definition) is 2. The van der Waals surface area contributed by atoms with E-state index in [-0.39, 0.29) is 11.7 Å². The number of rotatable bonds is 3. The average molecular weight is 305 g/mol. The van der Waals surface area contributed by atoms with Gasteiger partial charge in [0, 0.05) is 0 Å². The molecule has 76 valence electrons. The number of nitrogens with two attached hydrogens (primary N) is 1. The normalized spacial score (nSPS) is 14.7. The number of phenolic OH excluding ortho intramolecular Hbond substituents is 1. The summed E-state index contributed by atoms with van der Waals surface area (Å²) in [6.45, 7) is 1.91. The van der Waals surface area contributed by atoms with Crippen LogP contribution in [0.15, 0.2) is 24.3 Å². The molecule has 1 rings (SSSR count). The Morgan fingerprint density at radius 1 is 1.50 bits per heavy atom. The van der Waals surface area contributed by atoms with Crippen molar-refractivity contribution in [2.24, 2.45) is 5.73 Å². The van der Waals surface area contributed by atoms with Crippen molar-refractivity contribution in [3.63, 3.8) is 0 Å². The van der Waals surface area contributed by atoms with Crippen LogP contribution in [0.4, 0.5) is 0 Å². The number of aromatic hydroxyl groups is 1. The van der Waals surface area contributed by atoms with E-state index in [1.165, 1.54) is 0 Å². The number of amides is 1. The van der Waals surface area contributed by atoms with Crippen molar-refractivity contribution in [3.05, 3.63) is 29.8 Å². The van der Waals surface area contributed by atoms with Crippen LogP contribution in [0.2, 0.25) is 0 Å². The van der Waals surface area contributed by atoms with Crippen molar-refractivity contribution in [1.29, 1.82) is 0 Å². The first-order chi connectivity index (χ1) is 6.50. The van der Waals surface area contributed by atoms with E-state index in [0.29, 0.717) is 6.42 Å². The Bertz CT molecular complexity index is 336. The van der Waals surface area contributed by atoms with Gasteiger partial charge in [-0.2, -0.15) is 0 Å². The van der Waals surface area contributed by atoms with Gasteiger partial charge in [-0.25, -0.2) is 0 Å². The van der Waals surface area contributed by atoms with E-state index < -0.39 is 3.42 Å². The molecule has 0 spiro atoms. The summed E-state index contributed by atoms with van der Waals surface area (Å²) >= 11 is 2.05. The molecular formula is C10H12INO2. The van der Waals surface area contributed by atoms with Crippen LogP contribution in [0.25, 0.3) is 0 Å². The number of phenols is 1. The van der Waals surface area contributed by atoms with Crippen molar-refractivity contribution >= 4 is 28.5 Å². The van der Waals surface area contributed by atoms with Gasteiger partial charge in [-0.15, -0.1) is 0 Å². The minimum atomic E-state index is -0.675. The van der Waals surface area contributed by atoms with E-state index in [1.54, 1.807) is 24.3 Å². The summed E-state index contributed by atoms with van der Waals surface area (Å²) in [5.41, 5.74) is 6.17. The zero-order valence-corrected chi connectivity index (χ0v) is 9.98. The maximum Gasteiger partial charge on any atom is 0.237 e. The third-order valence-electron chi connectivity index (χ3n) is 2.20. The van der Waals surface area contributed by atoms with Crippen LogP contribution in [-0.4, -0.2) is 11.0 Å². The second-order valence-corrected chi connectivity index (χ2v) is 4.91. The molecule has 1 amide bonds. The van der Waals surface area contributed by atoms with Crippen molar-refractivity contribution < 1.29 is 9.90 Å². The van der Waals surface area contributed by atoms with Crippen LogP contribution < -0.4 is 5.73 Å². The highest BCUT2D eigenvalue weighted by Gasteiger charge is 2.33. The van der Waals surface area contributed by atoms with Crippen LogP contribution in [0.3, 0.4) is 0 Å². The first-order valence-electron chi connectivity index (χ1n) is 4.29. The van der Waals surface area contributed by atoms with E-state index in [4.69, 9.17) is 10.8 Å². The van der Waals surface area contributed by atoms with Gasteiger partial charge in [0.25, 0.3) is 0 Å². The van der Waals surface area contributed by atoms with Crippen molar-refractivity contribution in [2.75, 3.05) is 0 Å². The van der Waals surface area contributed by atoms with E-state index in [1.807, 2.05) is 6.92 Å². The fourth-order valence-corrected chi connectivity index (χ4v) is 1.61. The first kappa shape index (κ1) is 11.3. The Labute approximate surface area is 96.4 Å². The Hall–Kier alpha value is -0.780. The molecule has 1 aromatic carbocycles. The molecule has 1 atom stereocenters. The maximum absolute atomic E-state index is 11.3. The number of benzene rings is 1. The highest BCUT2D eigenvalue weighted by molar-refractivity contribution is 14.1. The third kappa shape index (κ3) is 2.00. The minimum Gasteiger partial charge on any atom is -0.508 e. The van der Waals surface area contributed by atoms with Crippen LogP contribution in [0.1, 0.15) is 18.9 Å².